The predicted octanol–water partition coefficient (Wildman–Crippen LogP) is 0.225. The summed E-state index contributed by atoms with van der Waals surface area (Å²) in [5, 5.41) is 19.5. The van der Waals surface area contributed by atoms with Gasteiger partial charge >= 0.3 is 5.97 Å². The maximum Gasteiger partial charge on any atom is 0.338 e. The summed E-state index contributed by atoms with van der Waals surface area (Å²) in [6, 6.07) is 5.28. The highest BCUT2D eigenvalue weighted by Crippen LogP contribution is 2.15. The molecule has 0 heterocycles. The number of carboxylic acids is 1. The lowest BCUT2D eigenvalue weighted by atomic mass is 9.96. The molecule has 0 unspecified atom stereocenters. The Morgan fingerprint density at radius 2 is 1.72 bits per heavy atom. The molecule has 18 heavy (non-hydrogen) atoms. The number of hydrogen-bond donors (Lipinski definition) is 1. The molecular formula is C13H15O5-. The first kappa shape index (κ1) is 14.2. The van der Waals surface area contributed by atoms with Crippen LogP contribution >= 0.6 is 0 Å². The maximum atomic E-state index is 11.6. The Morgan fingerprint density at radius 3 is 2.17 bits per heavy atom. The summed E-state index contributed by atoms with van der Waals surface area (Å²) in [5.74, 6) is -1.85. The quantitative estimate of drug-likeness (QED) is 0.757. The summed E-state index contributed by atoms with van der Waals surface area (Å²) in [6.45, 7) is 3.52. The zero-order valence-electron chi connectivity index (χ0n) is 10.3. The summed E-state index contributed by atoms with van der Waals surface area (Å²) < 4.78 is 5.02. The van der Waals surface area contributed by atoms with Gasteiger partial charge < -0.3 is 19.7 Å². The van der Waals surface area contributed by atoms with Crippen molar-refractivity contribution < 1.29 is 24.5 Å². The van der Waals surface area contributed by atoms with Gasteiger partial charge in [0, 0.05) is 5.41 Å². The standard InChI is InChI=1S/C13H16O5/c1-13(2,7-14)8-18-12(17)10-5-3-9(4-6-10)11(15)16/h3-6,14H,7-8H2,1-2H3,(H,15,16)/p-1. The number of aliphatic hydroxyl groups excluding tert-OH is 1. The summed E-state index contributed by atoms with van der Waals surface area (Å²) >= 11 is 0. The number of carboxylic acid groups (broad SMARTS) is 1. The van der Waals surface area contributed by atoms with E-state index in [1.807, 2.05) is 0 Å². The zero-order chi connectivity index (χ0) is 13.8. The van der Waals surface area contributed by atoms with Gasteiger partial charge in [0.05, 0.1) is 24.7 Å². The second-order valence-electron chi connectivity index (χ2n) is 4.76. The van der Waals surface area contributed by atoms with Gasteiger partial charge in [-0.25, -0.2) is 4.79 Å². The fraction of sp³-hybridized carbons (Fsp3) is 0.385. The van der Waals surface area contributed by atoms with Crippen LogP contribution in [0.25, 0.3) is 0 Å². The van der Waals surface area contributed by atoms with Gasteiger partial charge in [0.1, 0.15) is 0 Å². The summed E-state index contributed by atoms with van der Waals surface area (Å²) in [5.41, 5.74) is -0.239. The Balaban J connectivity index is 2.65. The fourth-order valence-electron chi connectivity index (χ4n) is 1.13. The average Bonchev–Trinajstić information content (AvgIpc) is 2.36. The third-order valence-electron chi connectivity index (χ3n) is 2.38. The Hall–Kier alpha value is -1.88. The second-order valence-corrected chi connectivity index (χ2v) is 4.76. The first-order chi connectivity index (χ1) is 8.35. The molecule has 1 aromatic carbocycles. The van der Waals surface area contributed by atoms with Crippen LogP contribution in [0.2, 0.25) is 0 Å². The van der Waals surface area contributed by atoms with Gasteiger partial charge in [0.15, 0.2) is 0 Å². The Kier molecular flexibility index (Phi) is 4.44. The van der Waals surface area contributed by atoms with E-state index in [9.17, 15) is 14.7 Å². The topological polar surface area (TPSA) is 86.7 Å². The van der Waals surface area contributed by atoms with Crippen molar-refractivity contribution in [1.29, 1.82) is 0 Å². The highest BCUT2D eigenvalue weighted by Gasteiger charge is 2.19. The molecule has 0 aromatic heterocycles. The monoisotopic (exact) mass is 251 g/mol. The molecule has 5 heteroatoms. The third kappa shape index (κ3) is 3.85. The van der Waals surface area contributed by atoms with Gasteiger partial charge in [-0.2, -0.15) is 0 Å². The number of esters is 1. The van der Waals surface area contributed by atoms with E-state index in [0.717, 1.165) is 0 Å². The molecule has 0 saturated carbocycles. The maximum absolute atomic E-state index is 11.6. The predicted molar refractivity (Wildman–Crippen MR) is 61.9 cm³/mol. The van der Waals surface area contributed by atoms with E-state index in [1.54, 1.807) is 13.8 Å². The Labute approximate surface area is 105 Å². The van der Waals surface area contributed by atoms with E-state index in [0.29, 0.717) is 0 Å². The van der Waals surface area contributed by atoms with Gasteiger partial charge in [0.25, 0.3) is 0 Å². The van der Waals surface area contributed by atoms with Gasteiger partial charge in [-0.05, 0) is 17.7 Å². The smallest absolute Gasteiger partial charge is 0.338 e. The van der Waals surface area contributed by atoms with Crippen molar-refractivity contribution in [2.75, 3.05) is 13.2 Å². The van der Waals surface area contributed by atoms with Crippen molar-refractivity contribution in [1.82, 2.24) is 0 Å². The van der Waals surface area contributed by atoms with Crippen molar-refractivity contribution in [2.24, 2.45) is 5.41 Å². The molecule has 0 fully saturated rings. The minimum Gasteiger partial charge on any atom is -0.545 e. The van der Waals surface area contributed by atoms with Crippen LogP contribution in [0.3, 0.4) is 0 Å². The number of hydrogen-bond acceptors (Lipinski definition) is 5. The van der Waals surface area contributed by atoms with E-state index in [2.05, 4.69) is 0 Å². The van der Waals surface area contributed by atoms with E-state index in [-0.39, 0.29) is 24.3 Å². The summed E-state index contributed by atoms with van der Waals surface area (Å²) in [7, 11) is 0. The van der Waals surface area contributed by atoms with Crippen LogP contribution in [0.1, 0.15) is 34.6 Å². The molecule has 0 bridgehead atoms. The van der Waals surface area contributed by atoms with E-state index in [1.165, 1.54) is 24.3 Å². The van der Waals surface area contributed by atoms with Gasteiger partial charge in [0.2, 0.25) is 0 Å². The summed E-state index contributed by atoms with van der Waals surface area (Å²) in [6.07, 6.45) is 0. The minimum absolute atomic E-state index is 0.00207. The highest BCUT2D eigenvalue weighted by molar-refractivity contribution is 5.91. The van der Waals surface area contributed by atoms with Gasteiger partial charge in [-0.15, -0.1) is 0 Å². The summed E-state index contributed by atoms with van der Waals surface area (Å²) in [4.78, 5) is 22.1. The Morgan fingerprint density at radius 1 is 1.22 bits per heavy atom. The number of ether oxygens (including phenoxy) is 1. The van der Waals surface area contributed by atoms with Crippen LogP contribution in [0.15, 0.2) is 24.3 Å². The third-order valence-corrected chi connectivity index (χ3v) is 2.38. The van der Waals surface area contributed by atoms with Crippen molar-refractivity contribution in [3.63, 3.8) is 0 Å². The minimum atomic E-state index is -1.30. The zero-order valence-corrected chi connectivity index (χ0v) is 10.3. The molecule has 1 N–H and O–H groups in total. The van der Waals surface area contributed by atoms with Crippen LogP contribution in [-0.4, -0.2) is 30.3 Å². The van der Waals surface area contributed by atoms with Crippen molar-refractivity contribution in [3.05, 3.63) is 35.4 Å². The number of carbonyl (C=O) groups is 2. The van der Waals surface area contributed by atoms with Crippen molar-refractivity contribution in [2.45, 2.75) is 13.8 Å². The fourth-order valence-corrected chi connectivity index (χ4v) is 1.13. The lowest BCUT2D eigenvalue weighted by Crippen LogP contribution is -2.25. The molecule has 1 rings (SSSR count). The number of aliphatic hydroxyl groups is 1. The second kappa shape index (κ2) is 5.64. The van der Waals surface area contributed by atoms with Crippen LogP contribution in [0.5, 0.6) is 0 Å². The van der Waals surface area contributed by atoms with Crippen LogP contribution in [-0.2, 0) is 4.74 Å². The molecular weight excluding hydrogens is 236 g/mol. The number of rotatable bonds is 5. The van der Waals surface area contributed by atoms with Crippen molar-refractivity contribution in [3.8, 4) is 0 Å². The number of carbonyl (C=O) groups excluding carboxylic acids is 2. The lowest BCUT2D eigenvalue weighted by Gasteiger charge is -2.20. The molecule has 0 amide bonds. The van der Waals surface area contributed by atoms with Gasteiger partial charge in [-0.3, -0.25) is 0 Å². The van der Waals surface area contributed by atoms with Gasteiger partial charge in [-0.1, -0.05) is 26.0 Å². The molecule has 1 aromatic rings. The van der Waals surface area contributed by atoms with Crippen LogP contribution < -0.4 is 5.11 Å². The SMILES string of the molecule is CC(C)(CO)COC(=O)c1ccc(C(=O)[O-])cc1. The van der Waals surface area contributed by atoms with Crippen LogP contribution in [0.4, 0.5) is 0 Å². The largest absolute Gasteiger partial charge is 0.545 e. The lowest BCUT2D eigenvalue weighted by molar-refractivity contribution is -0.255. The molecule has 98 valence electrons. The van der Waals surface area contributed by atoms with E-state index >= 15 is 0 Å². The molecule has 0 saturated heterocycles. The molecule has 0 radical (unpaired) electrons. The molecule has 5 nitrogen and oxygen atoms in total. The average molecular weight is 251 g/mol. The van der Waals surface area contributed by atoms with Crippen LogP contribution in [0, 0.1) is 5.41 Å². The van der Waals surface area contributed by atoms with Crippen molar-refractivity contribution >= 4 is 11.9 Å². The first-order valence-electron chi connectivity index (χ1n) is 5.45. The molecule has 0 aliphatic rings. The number of benzene rings is 1. The molecule has 0 atom stereocenters. The highest BCUT2D eigenvalue weighted by atomic mass is 16.5. The molecule has 0 aliphatic carbocycles. The first-order valence-corrected chi connectivity index (χ1v) is 5.45. The molecule has 0 spiro atoms. The van der Waals surface area contributed by atoms with E-state index < -0.39 is 17.4 Å². The normalized spacial score (nSPS) is 11.1. The van der Waals surface area contributed by atoms with E-state index in [4.69, 9.17) is 9.84 Å². The molecule has 0 aliphatic heterocycles. The Bertz CT molecular complexity index is 433. The number of aromatic carboxylic acids is 1.